The molecule has 0 aliphatic rings. The molecular formula is C25H49NO2. The van der Waals surface area contributed by atoms with Gasteiger partial charge in [-0.25, -0.2) is 0 Å². The van der Waals surface area contributed by atoms with E-state index in [-0.39, 0.29) is 11.3 Å². The molecule has 0 bridgehead atoms. The van der Waals surface area contributed by atoms with Gasteiger partial charge in [0.25, 0.3) is 0 Å². The predicted molar refractivity (Wildman–Crippen MR) is 122 cm³/mol. The second-order valence-electron chi connectivity index (χ2n) is 9.51. The van der Waals surface area contributed by atoms with Crippen molar-refractivity contribution in [3.8, 4) is 0 Å². The molecule has 0 aromatic heterocycles. The standard InChI is InChI=1S/C25H49NO2/c1-6-7-8-9-10-11-12-13-14-15-16-17-23(2)22-25(4,19-21-27)18-20-26(5)24(3)28/h21,23H,6-20,22H2,1-5H3. The summed E-state index contributed by atoms with van der Waals surface area (Å²) in [4.78, 5) is 24.3. The van der Waals surface area contributed by atoms with Crippen LogP contribution < -0.4 is 0 Å². The summed E-state index contributed by atoms with van der Waals surface area (Å²) in [5, 5.41) is 0. The molecule has 0 aromatic rings. The van der Waals surface area contributed by atoms with Gasteiger partial charge in [0, 0.05) is 26.9 Å². The lowest BCUT2D eigenvalue weighted by Crippen LogP contribution is -2.31. The predicted octanol–water partition coefficient (Wildman–Crippen LogP) is 7.18. The van der Waals surface area contributed by atoms with Gasteiger partial charge in [-0.1, -0.05) is 97.8 Å². The van der Waals surface area contributed by atoms with Crippen molar-refractivity contribution in [2.45, 2.75) is 124 Å². The fraction of sp³-hybridized carbons (Fsp3) is 0.920. The molecule has 0 radical (unpaired) electrons. The van der Waals surface area contributed by atoms with Gasteiger partial charge in [0.15, 0.2) is 0 Å². The van der Waals surface area contributed by atoms with E-state index in [1.807, 2.05) is 7.05 Å². The van der Waals surface area contributed by atoms with Crippen LogP contribution in [0.2, 0.25) is 0 Å². The molecule has 0 aliphatic carbocycles. The van der Waals surface area contributed by atoms with Crippen LogP contribution in [0, 0.1) is 11.3 Å². The topological polar surface area (TPSA) is 37.4 Å². The van der Waals surface area contributed by atoms with Gasteiger partial charge in [-0.05, 0) is 24.2 Å². The fourth-order valence-corrected chi connectivity index (χ4v) is 4.18. The molecule has 2 atom stereocenters. The number of rotatable bonds is 19. The van der Waals surface area contributed by atoms with Gasteiger partial charge in [-0.3, -0.25) is 4.79 Å². The lowest BCUT2D eigenvalue weighted by atomic mass is 9.75. The summed E-state index contributed by atoms with van der Waals surface area (Å²) in [6.07, 6.45) is 20.1. The van der Waals surface area contributed by atoms with E-state index in [2.05, 4.69) is 20.8 Å². The van der Waals surface area contributed by atoms with Crippen molar-refractivity contribution in [1.29, 1.82) is 0 Å². The largest absolute Gasteiger partial charge is 0.346 e. The minimum atomic E-state index is 0.0165. The number of carbonyl (C=O) groups excluding carboxylic acids is 2. The lowest BCUT2D eigenvalue weighted by molar-refractivity contribution is -0.127. The first-order valence-corrected chi connectivity index (χ1v) is 12.0. The summed E-state index contributed by atoms with van der Waals surface area (Å²) in [5.41, 5.74) is 0.0165. The van der Waals surface area contributed by atoms with Crippen LogP contribution in [-0.4, -0.2) is 30.7 Å². The zero-order valence-electron chi connectivity index (χ0n) is 19.7. The normalized spacial score (nSPS) is 14.5. The van der Waals surface area contributed by atoms with E-state index in [0.29, 0.717) is 12.3 Å². The van der Waals surface area contributed by atoms with E-state index in [1.165, 1.54) is 77.0 Å². The maximum Gasteiger partial charge on any atom is 0.219 e. The first-order chi connectivity index (χ1) is 13.3. The van der Waals surface area contributed by atoms with E-state index in [9.17, 15) is 9.59 Å². The van der Waals surface area contributed by atoms with Crippen LogP contribution in [0.5, 0.6) is 0 Å². The molecule has 3 nitrogen and oxygen atoms in total. The molecule has 3 heteroatoms. The first-order valence-electron chi connectivity index (χ1n) is 12.0. The molecule has 28 heavy (non-hydrogen) atoms. The Morgan fingerprint density at radius 3 is 1.93 bits per heavy atom. The average molecular weight is 396 g/mol. The lowest BCUT2D eigenvalue weighted by Gasteiger charge is -2.32. The molecule has 0 heterocycles. The van der Waals surface area contributed by atoms with Crippen molar-refractivity contribution in [1.82, 2.24) is 4.90 Å². The minimum absolute atomic E-state index is 0.0165. The summed E-state index contributed by atoms with van der Waals surface area (Å²) in [5.74, 6) is 0.744. The summed E-state index contributed by atoms with van der Waals surface area (Å²) in [6.45, 7) is 9.16. The van der Waals surface area contributed by atoms with Crippen LogP contribution in [0.15, 0.2) is 0 Å². The molecule has 0 saturated heterocycles. The smallest absolute Gasteiger partial charge is 0.219 e. The van der Waals surface area contributed by atoms with Crippen molar-refractivity contribution in [3.05, 3.63) is 0 Å². The SMILES string of the molecule is CCCCCCCCCCCCCC(C)CC(C)(CC=O)CCN(C)C(C)=O. The van der Waals surface area contributed by atoms with Gasteiger partial charge in [0.2, 0.25) is 5.91 Å². The highest BCUT2D eigenvalue weighted by molar-refractivity contribution is 5.72. The van der Waals surface area contributed by atoms with Gasteiger partial charge < -0.3 is 9.69 Å². The molecule has 0 rings (SSSR count). The third-order valence-electron chi connectivity index (χ3n) is 6.31. The van der Waals surface area contributed by atoms with Crippen molar-refractivity contribution in [3.63, 3.8) is 0 Å². The van der Waals surface area contributed by atoms with E-state index in [4.69, 9.17) is 0 Å². The molecule has 166 valence electrons. The Kier molecular flexibility index (Phi) is 16.5. The number of nitrogens with zero attached hydrogens (tertiary/aromatic N) is 1. The fourth-order valence-electron chi connectivity index (χ4n) is 4.18. The van der Waals surface area contributed by atoms with E-state index < -0.39 is 0 Å². The van der Waals surface area contributed by atoms with E-state index in [0.717, 1.165) is 25.7 Å². The van der Waals surface area contributed by atoms with Crippen molar-refractivity contribution < 1.29 is 9.59 Å². The van der Waals surface area contributed by atoms with Crippen LogP contribution in [0.25, 0.3) is 0 Å². The Morgan fingerprint density at radius 1 is 0.964 bits per heavy atom. The van der Waals surface area contributed by atoms with Gasteiger partial charge in [0.1, 0.15) is 6.29 Å². The third kappa shape index (κ3) is 15.1. The molecule has 0 aromatic carbocycles. The molecule has 0 aliphatic heterocycles. The maximum atomic E-state index is 11.4. The number of carbonyl (C=O) groups is 2. The number of unbranched alkanes of at least 4 members (excludes halogenated alkanes) is 10. The molecule has 2 unspecified atom stereocenters. The Labute approximate surface area is 176 Å². The van der Waals surface area contributed by atoms with Crippen LogP contribution in [-0.2, 0) is 9.59 Å². The summed E-state index contributed by atoms with van der Waals surface area (Å²) < 4.78 is 0. The summed E-state index contributed by atoms with van der Waals surface area (Å²) in [7, 11) is 1.85. The molecular weight excluding hydrogens is 346 g/mol. The van der Waals surface area contributed by atoms with Crippen molar-refractivity contribution >= 4 is 12.2 Å². The van der Waals surface area contributed by atoms with Crippen LogP contribution in [0.4, 0.5) is 0 Å². The van der Waals surface area contributed by atoms with Crippen LogP contribution in [0.1, 0.15) is 124 Å². The highest BCUT2D eigenvalue weighted by Gasteiger charge is 2.26. The third-order valence-corrected chi connectivity index (χ3v) is 6.31. The highest BCUT2D eigenvalue weighted by atomic mass is 16.2. The first kappa shape index (κ1) is 27.1. The highest BCUT2D eigenvalue weighted by Crippen LogP contribution is 2.35. The molecule has 0 saturated carbocycles. The zero-order chi connectivity index (χ0) is 21.3. The average Bonchev–Trinajstić information content (AvgIpc) is 2.64. The van der Waals surface area contributed by atoms with Crippen molar-refractivity contribution in [2.75, 3.05) is 13.6 Å². The second-order valence-corrected chi connectivity index (χ2v) is 9.51. The molecule has 1 amide bonds. The van der Waals surface area contributed by atoms with E-state index in [1.54, 1.807) is 11.8 Å². The monoisotopic (exact) mass is 395 g/mol. The maximum absolute atomic E-state index is 11.4. The number of amides is 1. The minimum Gasteiger partial charge on any atom is -0.346 e. The Morgan fingerprint density at radius 2 is 1.46 bits per heavy atom. The Bertz CT molecular complexity index is 396. The Balaban J connectivity index is 3.86. The van der Waals surface area contributed by atoms with E-state index >= 15 is 0 Å². The van der Waals surface area contributed by atoms with Gasteiger partial charge in [-0.15, -0.1) is 0 Å². The Hall–Kier alpha value is -0.860. The molecule has 0 spiro atoms. The summed E-state index contributed by atoms with van der Waals surface area (Å²) >= 11 is 0. The number of hydrogen-bond acceptors (Lipinski definition) is 2. The van der Waals surface area contributed by atoms with Crippen molar-refractivity contribution in [2.24, 2.45) is 11.3 Å². The summed E-state index contributed by atoms with van der Waals surface area (Å²) in [6, 6.07) is 0. The molecule has 0 fully saturated rings. The number of hydrogen-bond donors (Lipinski definition) is 0. The van der Waals surface area contributed by atoms with Crippen LogP contribution >= 0.6 is 0 Å². The number of aldehydes is 1. The quantitative estimate of drug-likeness (QED) is 0.172. The van der Waals surface area contributed by atoms with Crippen LogP contribution in [0.3, 0.4) is 0 Å². The van der Waals surface area contributed by atoms with Gasteiger partial charge >= 0.3 is 0 Å². The van der Waals surface area contributed by atoms with Gasteiger partial charge in [0.05, 0.1) is 0 Å². The zero-order valence-corrected chi connectivity index (χ0v) is 19.7. The second kappa shape index (κ2) is 17.0. The van der Waals surface area contributed by atoms with Gasteiger partial charge in [-0.2, -0.15) is 0 Å². The molecule has 0 N–H and O–H groups in total.